The molecule has 0 fully saturated rings. The van der Waals surface area contributed by atoms with Crippen LogP contribution in [0.15, 0.2) is 18.2 Å². The molecule has 0 radical (unpaired) electrons. The molecule has 0 saturated heterocycles. The first-order valence-corrected chi connectivity index (χ1v) is 8.75. The van der Waals surface area contributed by atoms with Crippen LogP contribution in [0.5, 0.6) is 5.75 Å². The van der Waals surface area contributed by atoms with Gasteiger partial charge in [-0.25, -0.2) is 4.79 Å². The Bertz CT molecular complexity index is 685. The molecule has 0 saturated carbocycles. The van der Waals surface area contributed by atoms with Crippen molar-refractivity contribution in [2.45, 2.75) is 38.9 Å². The number of ether oxygens (including phenoxy) is 2. The third-order valence-corrected chi connectivity index (χ3v) is 3.92. The minimum Gasteiger partial charge on any atom is -0.490 e. The fourth-order valence-electron chi connectivity index (χ4n) is 2.37. The molecule has 0 spiro atoms. The van der Waals surface area contributed by atoms with Gasteiger partial charge in [0.2, 0.25) is 5.91 Å². The molecule has 2 rings (SSSR count). The van der Waals surface area contributed by atoms with Crippen molar-refractivity contribution in [2.75, 3.05) is 31.1 Å². The normalized spacial score (nSPS) is 16.2. The van der Waals surface area contributed by atoms with E-state index in [1.165, 1.54) is 6.92 Å². The molecule has 1 amide bonds. The Balaban J connectivity index is 1.94. The second-order valence-corrected chi connectivity index (χ2v) is 7.87. The number of esters is 1. The van der Waals surface area contributed by atoms with Gasteiger partial charge < -0.3 is 24.8 Å². The number of fused-ring (bicyclic) bond motifs is 1. The number of nitrogens with zero attached hydrogens (tertiary/aromatic N) is 1. The lowest BCUT2D eigenvalue weighted by atomic mass is 10.1. The number of hydrogen-bond acceptors (Lipinski definition) is 6. The maximum Gasteiger partial charge on any atom is 0.340 e. The van der Waals surface area contributed by atoms with Crippen molar-refractivity contribution in [1.82, 2.24) is 5.32 Å². The Labute approximate surface area is 158 Å². The quantitative estimate of drug-likeness (QED) is 0.752. The van der Waals surface area contributed by atoms with Crippen LogP contribution in [0.4, 0.5) is 5.69 Å². The zero-order chi connectivity index (χ0) is 19.5. The summed E-state index contributed by atoms with van der Waals surface area (Å²) in [6, 6.07) is 5.22. The molecule has 0 aliphatic carbocycles. The van der Waals surface area contributed by atoms with Crippen molar-refractivity contribution in [1.29, 1.82) is 0 Å². The number of amides is 1. The number of carbonyl (C=O) groups excluding carboxylic acids is 2. The predicted octanol–water partition coefficient (Wildman–Crippen LogP) is 1.75. The Morgan fingerprint density at radius 3 is 2.69 bits per heavy atom. The number of anilines is 1. The molecule has 1 aromatic rings. The largest absolute Gasteiger partial charge is 0.490 e. The molecule has 0 aromatic heterocycles. The Morgan fingerprint density at radius 1 is 1.35 bits per heavy atom. The molecule has 1 aromatic carbocycles. The molecule has 1 unspecified atom stereocenters. The van der Waals surface area contributed by atoms with Crippen molar-refractivity contribution in [2.24, 2.45) is 0 Å². The van der Waals surface area contributed by atoms with Gasteiger partial charge in [0.1, 0.15) is 18.0 Å². The van der Waals surface area contributed by atoms with Gasteiger partial charge in [-0.15, -0.1) is 0 Å². The van der Waals surface area contributed by atoms with E-state index < -0.39 is 17.2 Å². The van der Waals surface area contributed by atoms with E-state index in [9.17, 15) is 14.7 Å². The van der Waals surface area contributed by atoms with E-state index in [1.807, 2.05) is 4.90 Å². The smallest absolute Gasteiger partial charge is 0.340 e. The maximum absolute atomic E-state index is 12.3. The van der Waals surface area contributed by atoms with Crippen molar-refractivity contribution in [3.05, 3.63) is 23.2 Å². The lowest BCUT2D eigenvalue weighted by Gasteiger charge is -2.31. The van der Waals surface area contributed by atoms with E-state index in [0.29, 0.717) is 23.9 Å². The van der Waals surface area contributed by atoms with E-state index in [-0.39, 0.29) is 19.0 Å². The lowest BCUT2D eigenvalue weighted by molar-refractivity contribution is -0.174. The highest BCUT2D eigenvalue weighted by Crippen LogP contribution is 2.33. The van der Waals surface area contributed by atoms with Crippen molar-refractivity contribution in [3.8, 4) is 5.75 Å². The predicted molar refractivity (Wildman–Crippen MR) is 98.6 cm³/mol. The van der Waals surface area contributed by atoms with E-state index in [2.05, 4.69) is 5.32 Å². The molecule has 144 valence electrons. The van der Waals surface area contributed by atoms with Gasteiger partial charge in [-0.05, 0) is 45.9 Å². The second kappa shape index (κ2) is 7.72. The highest BCUT2D eigenvalue weighted by atomic mass is 35.5. The summed E-state index contributed by atoms with van der Waals surface area (Å²) in [6.45, 7) is 7.24. The van der Waals surface area contributed by atoms with E-state index in [1.54, 1.807) is 39.0 Å². The number of rotatable bonds is 5. The van der Waals surface area contributed by atoms with Gasteiger partial charge >= 0.3 is 5.97 Å². The molecule has 8 heteroatoms. The first-order valence-electron chi connectivity index (χ1n) is 8.38. The topological polar surface area (TPSA) is 88.1 Å². The van der Waals surface area contributed by atoms with Crippen molar-refractivity contribution >= 4 is 29.2 Å². The number of aliphatic hydroxyl groups is 1. The zero-order valence-corrected chi connectivity index (χ0v) is 16.2. The first kappa shape index (κ1) is 20.3. The van der Waals surface area contributed by atoms with Crippen LogP contribution >= 0.6 is 11.6 Å². The van der Waals surface area contributed by atoms with Crippen LogP contribution in [0.1, 0.15) is 27.7 Å². The van der Waals surface area contributed by atoms with Gasteiger partial charge in [-0.3, -0.25) is 4.79 Å². The first-order chi connectivity index (χ1) is 12.0. The zero-order valence-electron chi connectivity index (χ0n) is 15.5. The van der Waals surface area contributed by atoms with Crippen LogP contribution < -0.4 is 15.0 Å². The summed E-state index contributed by atoms with van der Waals surface area (Å²) in [5, 5.41) is 13.4. The molecule has 26 heavy (non-hydrogen) atoms. The summed E-state index contributed by atoms with van der Waals surface area (Å²) >= 11 is 6.02. The molecule has 1 aliphatic heterocycles. The van der Waals surface area contributed by atoms with Gasteiger partial charge in [0.25, 0.3) is 0 Å². The number of halogens is 1. The highest BCUT2D eigenvalue weighted by Gasteiger charge is 2.35. The summed E-state index contributed by atoms with van der Waals surface area (Å²) in [4.78, 5) is 26.1. The van der Waals surface area contributed by atoms with Crippen LogP contribution in [0.25, 0.3) is 0 Å². The third-order valence-electron chi connectivity index (χ3n) is 3.68. The monoisotopic (exact) mass is 384 g/mol. The summed E-state index contributed by atoms with van der Waals surface area (Å²) < 4.78 is 10.7. The average Bonchev–Trinajstić information content (AvgIpc) is 2.52. The number of benzene rings is 1. The fraction of sp³-hybridized carbons (Fsp3) is 0.556. The summed E-state index contributed by atoms with van der Waals surface area (Å²) in [5.74, 6) is -0.454. The minimum absolute atomic E-state index is 0.0566. The molecular weight excluding hydrogens is 360 g/mol. The van der Waals surface area contributed by atoms with Crippen LogP contribution in [0.2, 0.25) is 5.02 Å². The average molecular weight is 385 g/mol. The van der Waals surface area contributed by atoms with Crippen LogP contribution in [-0.2, 0) is 14.3 Å². The van der Waals surface area contributed by atoms with Crippen molar-refractivity contribution in [3.63, 3.8) is 0 Å². The Hall–Kier alpha value is -1.99. The van der Waals surface area contributed by atoms with E-state index in [0.717, 1.165) is 5.69 Å². The number of carbonyl (C=O) groups is 2. The standard InChI is InChI=1S/C18H25ClN2O5/c1-17(2,3)26-16(23)18(4,24)11-20-15(22)10-21-7-8-25-14-6-5-12(19)9-13(14)21/h5-6,9,24H,7-8,10-11H2,1-4H3,(H,20,22). The summed E-state index contributed by atoms with van der Waals surface area (Å²) in [7, 11) is 0. The van der Waals surface area contributed by atoms with E-state index >= 15 is 0 Å². The minimum atomic E-state index is -1.81. The molecule has 1 heterocycles. The molecule has 1 aliphatic rings. The van der Waals surface area contributed by atoms with Crippen LogP contribution in [0.3, 0.4) is 0 Å². The van der Waals surface area contributed by atoms with Gasteiger partial charge in [-0.2, -0.15) is 0 Å². The fourth-order valence-corrected chi connectivity index (χ4v) is 2.54. The SMILES string of the molecule is CC(C)(C)OC(=O)C(C)(O)CNC(=O)CN1CCOc2ccc(Cl)cc21. The van der Waals surface area contributed by atoms with Gasteiger partial charge in [0, 0.05) is 5.02 Å². The van der Waals surface area contributed by atoms with E-state index in [4.69, 9.17) is 21.1 Å². The van der Waals surface area contributed by atoms with Crippen LogP contribution in [0, 0.1) is 0 Å². The van der Waals surface area contributed by atoms with Crippen molar-refractivity contribution < 1.29 is 24.2 Å². The van der Waals surface area contributed by atoms with Crippen LogP contribution in [-0.4, -0.2) is 54.4 Å². The summed E-state index contributed by atoms with van der Waals surface area (Å²) in [5.41, 5.74) is -1.80. The Kier molecular flexibility index (Phi) is 6.03. The van der Waals surface area contributed by atoms with Gasteiger partial charge in [-0.1, -0.05) is 11.6 Å². The number of nitrogens with one attached hydrogen (secondary N) is 1. The third kappa shape index (κ3) is 5.51. The lowest BCUT2D eigenvalue weighted by Crippen LogP contribution is -2.51. The maximum atomic E-state index is 12.3. The summed E-state index contributed by atoms with van der Waals surface area (Å²) in [6.07, 6.45) is 0. The van der Waals surface area contributed by atoms with Gasteiger partial charge in [0.05, 0.1) is 25.3 Å². The molecule has 2 N–H and O–H groups in total. The molecule has 7 nitrogen and oxygen atoms in total. The highest BCUT2D eigenvalue weighted by molar-refractivity contribution is 6.31. The van der Waals surface area contributed by atoms with Gasteiger partial charge in [0.15, 0.2) is 5.60 Å². The number of hydrogen-bond donors (Lipinski definition) is 2. The molecule has 1 atom stereocenters. The second-order valence-electron chi connectivity index (χ2n) is 7.43. The Morgan fingerprint density at radius 2 is 2.04 bits per heavy atom. The molecule has 0 bridgehead atoms. The molecular formula is C18H25ClN2O5.